The van der Waals surface area contributed by atoms with Crippen LogP contribution >= 0.6 is 0 Å². The highest BCUT2D eigenvalue weighted by molar-refractivity contribution is 5.85. The Morgan fingerprint density at radius 3 is 2.50 bits per heavy atom. The van der Waals surface area contributed by atoms with Crippen LogP contribution < -0.4 is 20.3 Å². The Labute approximate surface area is 149 Å². The van der Waals surface area contributed by atoms with Crippen LogP contribution in [0.1, 0.15) is 12.5 Å². The highest BCUT2D eigenvalue weighted by Gasteiger charge is 2.17. The average molecular weight is 357 g/mol. The van der Waals surface area contributed by atoms with E-state index in [1.165, 1.54) is 25.1 Å². The van der Waals surface area contributed by atoms with Crippen LogP contribution in [0.5, 0.6) is 11.5 Å². The van der Waals surface area contributed by atoms with Crippen LogP contribution in [0.4, 0.5) is 4.39 Å². The molecule has 2 N–H and O–H groups in total. The van der Waals surface area contributed by atoms with E-state index in [-0.39, 0.29) is 12.4 Å². The molecular formula is C18H16FN3O4. The number of amides is 2. The summed E-state index contributed by atoms with van der Waals surface area (Å²) >= 11 is 0. The van der Waals surface area contributed by atoms with E-state index in [2.05, 4.69) is 10.9 Å². The monoisotopic (exact) mass is 357 g/mol. The molecule has 0 aromatic heterocycles. The van der Waals surface area contributed by atoms with E-state index in [1.54, 1.807) is 30.3 Å². The van der Waals surface area contributed by atoms with Crippen molar-refractivity contribution in [3.05, 3.63) is 59.9 Å². The smallest absolute Gasteiger partial charge is 0.279 e. The van der Waals surface area contributed by atoms with Crippen LogP contribution in [0.25, 0.3) is 0 Å². The van der Waals surface area contributed by atoms with Crippen molar-refractivity contribution in [3.8, 4) is 17.6 Å². The van der Waals surface area contributed by atoms with E-state index >= 15 is 0 Å². The van der Waals surface area contributed by atoms with Gasteiger partial charge in [-0.3, -0.25) is 20.4 Å². The van der Waals surface area contributed by atoms with Crippen molar-refractivity contribution in [2.45, 2.75) is 13.0 Å². The fourth-order valence-electron chi connectivity index (χ4n) is 1.83. The number of nitrogens with one attached hydrogen (secondary N) is 2. The average Bonchev–Trinajstić information content (AvgIpc) is 2.66. The van der Waals surface area contributed by atoms with Gasteiger partial charge in [-0.1, -0.05) is 12.1 Å². The minimum absolute atomic E-state index is 0.0642. The molecule has 0 aliphatic rings. The van der Waals surface area contributed by atoms with Crippen LogP contribution in [0, 0.1) is 17.1 Å². The molecule has 2 amide bonds. The van der Waals surface area contributed by atoms with Crippen molar-refractivity contribution in [3.63, 3.8) is 0 Å². The lowest BCUT2D eigenvalue weighted by molar-refractivity contribution is -0.133. The number of hydrazine groups is 1. The molecule has 2 aromatic carbocycles. The molecule has 8 heteroatoms. The number of carbonyl (C=O) groups is 2. The number of rotatable bonds is 6. The molecule has 0 saturated heterocycles. The molecule has 0 bridgehead atoms. The van der Waals surface area contributed by atoms with Gasteiger partial charge in [-0.15, -0.1) is 0 Å². The fraction of sp³-hybridized carbons (Fsp3) is 0.167. The number of para-hydroxylation sites is 1. The maximum atomic E-state index is 13.5. The second-order valence-corrected chi connectivity index (χ2v) is 5.15. The van der Waals surface area contributed by atoms with Crippen LogP contribution in [-0.4, -0.2) is 24.5 Å². The van der Waals surface area contributed by atoms with E-state index in [1.807, 2.05) is 6.07 Å². The number of nitrogens with zero attached hydrogens (tertiary/aromatic N) is 1. The van der Waals surface area contributed by atoms with Crippen molar-refractivity contribution in [1.29, 1.82) is 5.26 Å². The van der Waals surface area contributed by atoms with Gasteiger partial charge in [0.25, 0.3) is 11.8 Å². The zero-order chi connectivity index (χ0) is 18.9. The van der Waals surface area contributed by atoms with Crippen molar-refractivity contribution < 1.29 is 23.5 Å². The summed E-state index contributed by atoms with van der Waals surface area (Å²) in [6, 6.07) is 13.8. The quantitative estimate of drug-likeness (QED) is 0.767. The summed E-state index contributed by atoms with van der Waals surface area (Å²) in [5.41, 5.74) is 4.80. The van der Waals surface area contributed by atoms with Crippen molar-refractivity contribution >= 4 is 11.8 Å². The predicted molar refractivity (Wildman–Crippen MR) is 89.4 cm³/mol. The number of nitriles is 1. The molecule has 7 nitrogen and oxygen atoms in total. The molecule has 0 aliphatic carbocycles. The van der Waals surface area contributed by atoms with Gasteiger partial charge < -0.3 is 9.47 Å². The molecule has 0 fully saturated rings. The lowest BCUT2D eigenvalue weighted by Crippen LogP contribution is -2.48. The Bertz CT molecular complexity index is 818. The van der Waals surface area contributed by atoms with E-state index < -0.39 is 23.7 Å². The lowest BCUT2D eigenvalue weighted by Gasteiger charge is -2.15. The molecule has 0 radical (unpaired) electrons. The van der Waals surface area contributed by atoms with Gasteiger partial charge in [0.1, 0.15) is 5.75 Å². The first kappa shape index (κ1) is 18.7. The lowest BCUT2D eigenvalue weighted by atomic mass is 10.2. The van der Waals surface area contributed by atoms with E-state index in [4.69, 9.17) is 14.7 Å². The van der Waals surface area contributed by atoms with Gasteiger partial charge >= 0.3 is 0 Å². The highest BCUT2D eigenvalue weighted by atomic mass is 19.1. The molecule has 2 rings (SSSR count). The van der Waals surface area contributed by atoms with E-state index in [0.29, 0.717) is 11.3 Å². The standard InChI is InChI=1S/C18H16FN3O4/c1-12(26-16-5-3-2-4-15(16)19)18(24)22-21-17(23)11-25-14-8-6-13(10-20)7-9-14/h2-9,12H,11H2,1H3,(H,21,23)(H,22,24)/t12-/m0/s1. The first-order valence-electron chi connectivity index (χ1n) is 7.62. The van der Waals surface area contributed by atoms with Gasteiger partial charge in [-0.2, -0.15) is 5.26 Å². The third kappa shape index (κ3) is 5.49. The minimum Gasteiger partial charge on any atom is -0.484 e. The van der Waals surface area contributed by atoms with Gasteiger partial charge in [-0.05, 0) is 43.3 Å². The van der Waals surface area contributed by atoms with E-state index in [0.717, 1.165) is 0 Å². The number of hydrogen-bond acceptors (Lipinski definition) is 5. The summed E-state index contributed by atoms with van der Waals surface area (Å²) in [4.78, 5) is 23.5. The molecule has 2 aromatic rings. The molecule has 26 heavy (non-hydrogen) atoms. The Balaban J connectivity index is 1.74. The van der Waals surface area contributed by atoms with Crippen LogP contribution in [0.3, 0.4) is 0 Å². The molecule has 0 spiro atoms. The normalized spacial score (nSPS) is 11.0. The number of hydrogen-bond donors (Lipinski definition) is 2. The number of carbonyl (C=O) groups excluding carboxylic acids is 2. The van der Waals surface area contributed by atoms with Crippen molar-refractivity contribution in [1.82, 2.24) is 10.9 Å². The Hall–Kier alpha value is -3.60. The third-order valence-corrected chi connectivity index (χ3v) is 3.19. The van der Waals surface area contributed by atoms with Gasteiger partial charge in [-0.25, -0.2) is 4.39 Å². The topological polar surface area (TPSA) is 100 Å². The molecule has 0 unspecified atom stereocenters. The van der Waals surface area contributed by atoms with Gasteiger partial charge in [0.05, 0.1) is 11.6 Å². The van der Waals surface area contributed by atoms with Gasteiger partial charge in [0.15, 0.2) is 24.3 Å². The predicted octanol–water partition coefficient (Wildman–Crippen LogP) is 1.69. The SMILES string of the molecule is C[C@H](Oc1ccccc1F)C(=O)NNC(=O)COc1ccc(C#N)cc1. The summed E-state index contributed by atoms with van der Waals surface area (Å²) in [5, 5.41) is 8.70. The van der Waals surface area contributed by atoms with Gasteiger partial charge in [0.2, 0.25) is 0 Å². The number of halogens is 1. The third-order valence-electron chi connectivity index (χ3n) is 3.19. The number of benzene rings is 2. The molecule has 0 aliphatic heterocycles. The molecule has 0 heterocycles. The Morgan fingerprint density at radius 2 is 1.85 bits per heavy atom. The molecule has 0 saturated carbocycles. The summed E-state index contributed by atoms with van der Waals surface area (Å²) in [7, 11) is 0. The molecule has 134 valence electrons. The summed E-state index contributed by atoms with van der Waals surface area (Å²) in [6.07, 6.45) is -1.02. The van der Waals surface area contributed by atoms with Gasteiger partial charge in [0, 0.05) is 0 Å². The zero-order valence-electron chi connectivity index (χ0n) is 13.9. The largest absolute Gasteiger partial charge is 0.484 e. The summed E-state index contributed by atoms with van der Waals surface area (Å²) in [5.74, 6) is -1.50. The second kappa shape index (κ2) is 9.03. The van der Waals surface area contributed by atoms with Crippen LogP contribution in [0.15, 0.2) is 48.5 Å². The van der Waals surface area contributed by atoms with E-state index in [9.17, 15) is 14.0 Å². The summed E-state index contributed by atoms with van der Waals surface area (Å²) in [6.45, 7) is 1.08. The number of ether oxygens (including phenoxy) is 2. The Kier molecular flexibility index (Phi) is 6.51. The van der Waals surface area contributed by atoms with Crippen LogP contribution in [-0.2, 0) is 9.59 Å². The maximum absolute atomic E-state index is 13.5. The Morgan fingerprint density at radius 1 is 1.15 bits per heavy atom. The van der Waals surface area contributed by atoms with Crippen molar-refractivity contribution in [2.24, 2.45) is 0 Å². The van der Waals surface area contributed by atoms with Crippen LogP contribution in [0.2, 0.25) is 0 Å². The minimum atomic E-state index is -1.02. The van der Waals surface area contributed by atoms with Crippen molar-refractivity contribution in [2.75, 3.05) is 6.61 Å². The fourth-order valence-corrected chi connectivity index (χ4v) is 1.83. The summed E-state index contributed by atoms with van der Waals surface area (Å²) < 4.78 is 23.9. The first-order chi connectivity index (χ1) is 12.5. The zero-order valence-corrected chi connectivity index (χ0v) is 13.9. The highest BCUT2D eigenvalue weighted by Crippen LogP contribution is 2.16. The molecule has 1 atom stereocenters. The second-order valence-electron chi connectivity index (χ2n) is 5.15. The first-order valence-corrected chi connectivity index (χ1v) is 7.62. The molecular weight excluding hydrogens is 341 g/mol. The maximum Gasteiger partial charge on any atom is 0.279 e.